The number of halogens is 4. The first-order chi connectivity index (χ1) is 10.3. The van der Waals surface area contributed by atoms with E-state index in [1.54, 1.807) is 13.2 Å². The van der Waals surface area contributed by atoms with E-state index in [0.29, 0.717) is 18.7 Å². The summed E-state index contributed by atoms with van der Waals surface area (Å²) in [6.07, 6.45) is -2.59. The van der Waals surface area contributed by atoms with Gasteiger partial charge in [-0.05, 0) is 36.6 Å². The van der Waals surface area contributed by atoms with Crippen molar-refractivity contribution in [1.82, 2.24) is 4.90 Å². The van der Waals surface area contributed by atoms with E-state index >= 15 is 0 Å². The van der Waals surface area contributed by atoms with E-state index in [0.717, 1.165) is 31.5 Å². The monoisotopic (exact) mass is 336 g/mol. The number of alkyl halides is 3. The minimum Gasteiger partial charge on any atom is -0.381 e. The van der Waals surface area contributed by atoms with Gasteiger partial charge in [-0.15, -0.1) is 0 Å². The lowest BCUT2D eigenvalue weighted by Gasteiger charge is -2.38. The second-order valence-corrected chi connectivity index (χ2v) is 6.02. The number of hydrogen-bond donors (Lipinski definition) is 1. The maximum atomic E-state index is 12.9. The zero-order valence-corrected chi connectivity index (χ0v) is 13.1. The first kappa shape index (κ1) is 17.5. The zero-order valence-electron chi connectivity index (χ0n) is 12.4. The molecule has 0 amide bonds. The van der Waals surface area contributed by atoms with Crippen molar-refractivity contribution in [2.75, 3.05) is 20.2 Å². The van der Waals surface area contributed by atoms with E-state index in [1.807, 2.05) is 0 Å². The van der Waals surface area contributed by atoms with E-state index in [1.165, 1.54) is 0 Å². The van der Waals surface area contributed by atoms with Crippen LogP contribution in [-0.2, 0) is 17.5 Å². The van der Waals surface area contributed by atoms with Crippen LogP contribution in [0.1, 0.15) is 24.0 Å². The zero-order chi connectivity index (χ0) is 16.3. The maximum absolute atomic E-state index is 12.9. The SMILES string of the molecule is COC1CCN(Cc2cc(Cl)cc(C(F)(F)F)c2)C(CN)C1. The van der Waals surface area contributed by atoms with Gasteiger partial charge in [0.2, 0.25) is 0 Å². The standard InChI is InChI=1S/C15H20ClF3N2O/c1-22-14-2-3-21(13(7-14)8-20)9-10-4-11(15(17,18)19)6-12(16)5-10/h4-6,13-14H,2-3,7-9,20H2,1H3. The molecule has 2 atom stereocenters. The normalized spacial score (nSPS) is 23.7. The van der Waals surface area contributed by atoms with Crippen LogP contribution in [0.15, 0.2) is 18.2 Å². The number of benzene rings is 1. The fraction of sp³-hybridized carbons (Fsp3) is 0.600. The van der Waals surface area contributed by atoms with Gasteiger partial charge in [-0.3, -0.25) is 4.90 Å². The van der Waals surface area contributed by atoms with Crippen molar-refractivity contribution in [3.8, 4) is 0 Å². The van der Waals surface area contributed by atoms with Crippen molar-refractivity contribution in [2.45, 2.75) is 37.7 Å². The highest BCUT2D eigenvalue weighted by molar-refractivity contribution is 6.30. The highest BCUT2D eigenvalue weighted by atomic mass is 35.5. The van der Waals surface area contributed by atoms with Crippen molar-refractivity contribution >= 4 is 11.6 Å². The third-order valence-electron chi connectivity index (χ3n) is 4.07. The third-order valence-corrected chi connectivity index (χ3v) is 4.28. The van der Waals surface area contributed by atoms with Crippen LogP contribution in [0.5, 0.6) is 0 Å². The van der Waals surface area contributed by atoms with E-state index in [-0.39, 0.29) is 17.2 Å². The van der Waals surface area contributed by atoms with Crippen LogP contribution >= 0.6 is 11.6 Å². The van der Waals surface area contributed by atoms with Crippen LogP contribution < -0.4 is 5.73 Å². The first-order valence-corrected chi connectivity index (χ1v) is 7.55. The second kappa shape index (κ2) is 7.17. The average molecular weight is 337 g/mol. The van der Waals surface area contributed by atoms with Gasteiger partial charge in [0.1, 0.15) is 0 Å². The van der Waals surface area contributed by atoms with Crippen molar-refractivity contribution in [3.63, 3.8) is 0 Å². The number of rotatable bonds is 4. The van der Waals surface area contributed by atoms with Crippen LogP contribution in [0.4, 0.5) is 13.2 Å². The molecule has 0 bridgehead atoms. The Bertz CT molecular complexity index is 510. The summed E-state index contributed by atoms with van der Waals surface area (Å²) in [4.78, 5) is 2.10. The Morgan fingerprint density at radius 3 is 2.68 bits per heavy atom. The molecule has 124 valence electrons. The lowest BCUT2D eigenvalue weighted by molar-refractivity contribution is -0.137. The molecule has 2 rings (SSSR count). The highest BCUT2D eigenvalue weighted by Crippen LogP contribution is 2.32. The van der Waals surface area contributed by atoms with Crippen molar-refractivity contribution in [3.05, 3.63) is 34.3 Å². The topological polar surface area (TPSA) is 38.5 Å². The Labute approximate surface area is 133 Å². The van der Waals surface area contributed by atoms with Gasteiger partial charge in [0.25, 0.3) is 0 Å². The van der Waals surface area contributed by atoms with Crippen LogP contribution in [0.3, 0.4) is 0 Å². The van der Waals surface area contributed by atoms with Gasteiger partial charge in [0, 0.05) is 37.8 Å². The maximum Gasteiger partial charge on any atom is 0.416 e. The largest absolute Gasteiger partial charge is 0.416 e. The smallest absolute Gasteiger partial charge is 0.381 e. The van der Waals surface area contributed by atoms with Gasteiger partial charge in [0.05, 0.1) is 11.7 Å². The Morgan fingerprint density at radius 2 is 2.09 bits per heavy atom. The van der Waals surface area contributed by atoms with E-state index in [9.17, 15) is 13.2 Å². The summed E-state index contributed by atoms with van der Waals surface area (Å²) in [5.41, 5.74) is 5.62. The van der Waals surface area contributed by atoms with Crippen molar-refractivity contribution in [2.24, 2.45) is 5.73 Å². The minimum absolute atomic E-state index is 0.0981. The number of nitrogens with two attached hydrogens (primary N) is 1. The number of likely N-dealkylation sites (tertiary alicyclic amines) is 1. The van der Waals surface area contributed by atoms with E-state index < -0.39 is 11.7 Å². The summed E-state index contributed by atoms with van der Waals surface area (Å²) in [6.45, 7) is 1.60. The quantitative estimate of drug-likeness (QED) is 0.917. The van der Waals surface area contributed by atoms with Gasteiger partial charge in [0.15, 0.2) is 0 Å². The fourth-order valence-electron chi connectivity index (χ4n) is 2.87. The molecule has 0 spiro atoms. The Kier molecular flexibility index (Phi) is 5.71. The number of ether oxygens (including phenoxy) is 1. The number of nitrogens with zero attached hydrogens (tertiary/aromatic N) is 1. The number of methoxy groups -OCH3 is 1. The molecule has 1 heterocycles. The molecule has 1 aliphatic rings. The minimum atomic E-state index is -4.39. The molecule has 1 aromatic carbocycles. The Balaban J connectivity index is 2.14. The van der Waals surface area contributed by atoms with Gasteiger partial charge < -0.3 is 10.5 Å². The molecule has 0 radical (unpaired) electrons. The predicted octanol–water partition coefficient (Wildman–Crippen LogP) is 3.30. The molecule has 22 heavy (non-hydrogen) atoms. The van der Waals surface area contributed by atoms with Crippen molar-refractivity contribution < 1.29 is 17.9 Å². The van der Waals surface area contributed by atoms with Gasteiger partial charge in [-0.2, -0.15) is 13.2 Å². The average Bonchev–Trinajstić information content (AvgIpc) is 2.46. The molecule has 2 unspecified atom stereocenters. The van der Waals surface area contributed by atoms with E-state index in [2.05, 4.69) is 4.90 Å². The Hall–Kier alpha value is -0.820. The molecule has 1 aromatic rings. The molecule has 1 fully saturated rings. The molecule has 3 nitrogen and oxygen atoms in total. The lowest BCUT2D eigenvalue weighted by Crippen LogP contribution is -2.47. The Morgan fingerprint density at radius 1 is 1.36 bits per heavy atom. The predicted molar refractivity (Wildman–Crippen MR) is 79.7 cm³/mol. The molecule has 2 N–H and O–H groups in total. The molecule has 1 aliphatic heterocycles. The molecule has 7 heteroatoms. The van der Waals surface area contributed by atoms with Gasteiger partial charge in [-0.1, -0.05) is 11.6 Å². The fourth-order valence-corrected chi connectivity index (χ4v) is 3.13. The molecule has 0 saturated carbocycles. The second-order valence-electron chi connectivity index (χ2n) is 5.59. The van der Waals surface area contributed by atoms with E-state index in [4.69, 9.17) is 22.1 Å². The van der Waals surface area contributed by atoms with Crippen molar-refractivity contribution in [1.29, 1.82) is 0 Å². The van der Waals surface area contributed by atoms with Crippen LogP contribution in [-0.4, -0.2) is 37.2 Å². The summed E-state index contributed by atoms with van der Waals surface area (Å²) >= 11 is 5.83. The summed E-state index contributed by atoms with van der Waals surface area (Å²) < 4.78 is 43.9. The molecule has 1 saturated heterocycles. The lowest BCUT2D eigenvalue weighted by atomic mass is 9.98. The number of piperidine rings is 1. The number of hydrogen-bond acceptors (Lipinski definition) is 3. The van der Waals surface area contributed by atoms with Gasteiger partial charge >= 0.3 is 6.18 Å². The van der Waals surface area contributed by atoms with Crippen LogP contribution in [0.25, 0.3) is 0 Å². The molecular weight excluding hydrogens is 317 g/mol. The molecule has 0 aliphatic carbocycles. The highest BCUT2D eigenvalue weighted by Gasteiger charge is 2.32. The summed E-state index contributed by atoms with van der Waals surface area (Å²) in [7, 11) is 1.67. The molecular formula is C15H20ClF3N2O. The molecule has 0 aromatic heterocycles. The first-order valence-electron chi connectivity index (χ1n) is 7.17. The van der Waals surface area contributed by atoms with Gasteiger partial charge in [-0.25, -0.2) is 0 Å². The summed E-state index contributed by atoms with van der Waals surface area (Å²) in [5.74, 6) is 0. The third kappa shape index (κ3) is 4.35. The summed E-state index contributed by atoms with van der Waals surface area (Å²) in [6, 6.07) is 3.78. The van der Waals surface area contributed by atoms with Crippen LogP contribution in [0.2, 0.25) is 5.02 Å². The summed E-state index contributed by atoms with van der Waals surface area (Å²) in [5, 5.41) is 0.0981. The van der Waals surface area contributed by atoms with Crippen LogP contribution in [0, 0.1) is 0 Å².